The molecule has 0 aromatic carbocycles. The molecule has 1 aromatic heterocycles. The molecular formula is C10H11F3N2O2S. The van der Waals surface area contributed by atoms with Crippen molar-refractivity contribution in [3.8, 4) is 0 Å². The Hall–Kier alpha value is -1.31. The molecule has 0 radical (unpaired) electrons. The van der Waals surface area contributed by atoms with Gasteiger partial charge in [-0.15, -0.1) is 0 Å². The largest absolute Gasteiger partial charge is 0.462 e. The fourth-order valence-electron chi connectivity index (χ4n) is 0.989. The number of thioether (sulfide) groups is 1. The van der Waals surface area contributed by atoms with Gasteiger partial charge in [-0.1, -0.05) is 11.8 Å². The van der Waals surface area contributed by atoms with Gasteiger partial charge in [0.25, 0.3) is 0 Å². The number of hydrogen-bond acceptors (Lipinski definition) is 5. The molecule has 4 nitrogen and oxygen atoms in total. The highest BCUT2D eigenvalue weighted by Crippen LogP contribution is 2.28. The number of esters is 1. The molecule has 1 rings (SSSR count). The Morgan fingerprint density at radius 1 is 1.50 bits per heavy atom. The van der Waals surface area contributed by atoms with E-state index in [4.69, 9.17) is 4.74 Å². The highest BCUT2D eigenvalue weighted by molar-refractivity contribution is 7.99. The van der Waals surface area contributed by atoms with Gasteiger partial charge >= 0.3 is 12.1 Å². The van der Waals surface area contributed by atoms with Crippen molar-refractivity contribution in [1.29, 1.82) is 0 Å². The standard InChI is InChI=1S/C10H11F3N2O2S/c1-6(2)17-8(16)5-18-9-14-4-3-7(15-9)10(11,12)13/h3-4,6H,5H2,1-2H3. The van der Waals surface area contributed by atoms with Gasteiger partial charge in [0, 0.05) is 6.20 Å². The van der Waals surface area contributed by atoms with Gasteiger partial charge in [0.2, 0.25) is 0 Å². The van der Waals surface area contributed by atoms with Crippen LogP contribution in [-0.2, 0) is 15.7 Å². The summed E-state index contributed by atoms with van der Waals surface area (Å²) < 4.78 is 41.9. The molecule has 0 amide bonds. The van der Waals surface area contributed by atoms with Crippen LogP contribution < -0.4 is 0 Å². The SMILES string of the molecule is CC(C)OC(=O)CSc1nccc(C(F)(F)F)n1. The van der Waals surface area contributed by atoms with Crippen LogP contribution in [0.5, 0.6) is 0 Å². The van der Waals surface area contributed by atoms with Gasteiger partial charge in [-0.05, 0) is 19.9 Å². The van der Waals surface area contributed by atoms with Crippen LogP contribution in [0.3, 0.4) is 0 Å². The van der Waals surface area contributed by atoms with Gasteiger partial charge in [0.05, 0.1) is 11.9 Å². The Kier molecular flexibility index (Phi) is 4.94. The van der Waals surface area contributed by atoms with E-state index in [0.717, 1.165) is 24.0 Å². The number of aromatic nitrogens is 2. The second-order valence-corrected chi connectivity index (χ2v) is 4.49. The van der Waals surface area contributed by atoms with Crippen molar-refractivity contribution < 1.29 is 22.7 Å². The summed E-state index contributed by atoms with van der Waals surface area (Å²) in [4.78, 5) is 18.2. The maximum absolute atomic E-state index is 12.3. The zero-order chi connectivity index (χ0) is 13.8. The Bertz CT molecular complexity index is 424. The van der Waals surface area contributed by atoms with Crippen molar-refractivity contribution in [2.75, 3.05) is 5.75 Å². The summed E-state index contributed by atoms with van der Waals surface area (Å²) in [6.45, 7) is 3.37. The highest BCUT2D eigenvalue weighted by atomic mass is 32.2. The Labute approximate surface area is 106 Å². The van der Waals surface area contributed by atoms with Gasteiger partial charge in [-0.25, -0.2) is 9.97 Å². The van der Waals surface area contributed by atoms with E-state index in [1.54, 1.807) is 13.8 Å². The van der Waals surface area contributed by atoms with Gasteiger partial charge in [0.15, 0.2) is 5.16 Å². The first-order valence-electron chi connectivity index (χ1n) is 5.01. The monoisotopic (exact) mass is 280 g/mol. The number of halogens is 3. The Morgan fingerprint density at radius 3 is 2.72 bits per heavy atom. The number of nitrogens with zero attached hydrogens (tertiary/aromatic N) is 2. The number of ether oxygens (including phenoxy) is 1. The Balaban J connectivity index is 2.61. The first-order valence-corrected chi connectivity index (χ1v) is 6.00. The summed E-state index contributed by atoms with van der Waals surface area (Å²) in [5.41, 5.74) is -1.03. The minimum absolute atomic E-state index is 0.106. The molecule has 0 unspecified atom stereocenters. The summed E-state index contributed by atoms with van der Waals surface area (Å²) in [5.74, 6) is -0.643. The molecule has 0 aliphatic heterocycles. The molecule has 1 aromatic rings. The third kappa shape index (κ3) is 4.91. The lowest BCUT2D eigenvalue weighted by molar-refractivity contribution is -0.144. The van der Waals surface area contributed by atoms with Crippen LogP contribution in [-0.4, -0.2) is 27.8 Å². The number of hydrogen-bond donors (Lipinski definition) is 0. The molecule has 0 bridgehead atoms. The number of alkyl halides is 3. The molecular weight excluding hydrogens is 269 g/mol. The second-order valence-electron chi connectivity index (χ2n) is 3.55. The average molecular weight is 280 g/mol. The van der Waals surface area contributed by atoms with Crippen LogP contribution in [0.4, 0.5) is 13.2 Å². The van der Waals surface area contributed by atoms with E-state index in [0.29, 0.717) is 0 Å². The summed E-state index contributed by atoms with van der Waals surface area (Å²) in [6, 6.07) is 0.774. The first kappa shape index (κ1) is 14.7. The van der Waals surface area contributed by atoms with E-state index in [1.807, 2.05) is 0 Å². The lowest BCUT2D eigenvalue weighted by atomic mass is 10.4. The predicted molar refractivity (Wildman–Crippen MR) is 59.0 cm³/mol. The molecule has 0 saturated carbocycles. The van der Waals surface area contributed by atoms with E-state index in [1.165, 1.54) is 0 Å². The highest BCUT2D eigenvalue weighted by Gasteiger charge is 2.32. The van der Waals surface area contributed by atoms with Crippen molar-refractivity contribution in [3.05, 3.63) is 18.0 Å². The van der Waals surface area contributed by atoms with Crippen molar-refractivity contribution in [3.63, 3.8) is 0 Å². The van der Waals surface area contributed by atoms with Crippen molar-refractivity contribution in [1.82, 2.24) is 9.97 Å². The van der Waals surface area contributed by atoms with Crippen molar-refractivity contribution in [2.24, 2.45) is 0 Å². The molecule has 0 spiro atoms. The summed E-state index contributed by atoms with van der Waals surface area (Å²) in [6.07, 6.45) is -3.77. The molecule has 100 valence electrons. The third-order valence-corrected chi connectivity index (χ3v) is 2.45. The minimum atomic E-state index is -4.52. The normalized spacial score (nSPS) is 11.7. The van der Waals surface area contributed by atoms with E-state index >= 15 is 0 Å². The molecule has 0 fully saturated rings. The average Bonchev–Trinajstić information content (AvgIpc) is 2.25. The summed E-state index contributed by atoms with van der Waals surface area (Å²) in [7, 11) is 0. The van der Waals surface area contributed by atoms with Gasteiger partial charge in [-0.3, -0.25) is 4.79 Å². The first-order chi connectivity index (χ1) is 8.29. The summed E-state index contributed by atoms with van der Waals surface area (Å²) in [5, 5.41) is -0.106. The zero-order valence-electron chi connectivity index (χ0n) is 9.69. The van der Waals surface area contributed by atoms with Crippen LogP contribution in [0.15, 0.2) is 17.4 Å². The van der Waals surface area contributed by atoms with Gasteiger partial charge in [0.1, 0.15) is 5.69 Å². The molecule has 18 heavy (non-hydrogen) atoms. The van der Waals surface area contributed by atoms with Crippen LogP contribution in [0.25, 0.3) is 0 Å². The zero-order valence-corrected chi connectivity index (χ0v) is 10.5. The Morgan fingerprint density at radius 2 is 2.17 bits per heavy atom. The molecule has 0 N–H and O–H groups in total. The van der Waals surface area contributed by atoms with E-state index < -0.39 is 17.8 Å². The third-order valence-electron chi connectivity index (χ3n) is 1.61. The van der Waals surface area contributed by atoms with Crippen LogP contribution >= 0.6 is 11.8 Å². The predicted octanol–water partition coefficient (Wildman–Crippen LogP) is 2.54. The molecule has 0 aliphatic rings. The van der Waals surface area contributed by atoms with E-state index in [9.17, 15) is 18.0 Å². The fraction of sp³-hybridized carbons (Fsp3) is 0.500. The summed E-state index contributed by atoms with van der Waals surface area (Å²) >= 11 is 0.804. The van der Waals surface area contributed by atoms with Crippen molar-refractivity contribution >= 4 is 17.7 Å². The lowest BCUT2D eigenvalue weighted by Crippen LogP contribution is -2.14. The smallest absolute Gasteiger partial charge is 0.433 e. The van der Waals surface area contributed by atoms with Crippen molar-refractivity contribution in [2.45, 2.75) is 31.3 Å². The molecule has 1 heterocycles. The maximum Gasteiger partial charge on any atom is 0.433 e. The topological polar surface area (TPSA) is 52.1 Å². The van der Waals surface area contributed by atoms with Crippen LogP contribution in [0.2, 0.25) is 0 Å². The molecule has 0 saturated heterocycles. The van der Waals surface area contributed by atoms with Crippen LogP contribution in [0, 0.1) is 0 Å². The number of carbonyl (C=O) groups is 1. The fourth-order valence-corrected chi connectivity index (χ4v) is 1.60. The molecule has 0 aliphatic carbocycles. The van der Waals surface area contributed by atoms with Gasteiger partial charge < -0.3 is 4.74 Å². The van der Waals surface area contributed by atoms with E-state index in [-0.39, 0.29) is 17.0 Å². The van der Waals surface area contributed by atoms with E-state index in [2.05, 4.69) is 9.97 Å². The lowest BCUT2D eigenvalue weighted by Gasteiger charge is -2.08. The second kappa shape index (κ2) is 6.03. The maximum atomic E-state index is 12.3. The molecule has 0 atom stereocenters. The van der Waals surface area contributed by atoms with Crippen LogP contribution in [0.1, 0.15) is 19.5 Å². The quantitative estimate of drug-likeness (QED) is 0.482. The molecule has 8 heteroatoms. The number of carbonyl (C=O) groups excluding carboxylic acids is 1. The minimum Gasteiger partial charge on any atom is -0.462 e. The van der Waals surface area contributed by atoms with Gasteiger partial charge in [-0.2, -0.15) is 13.2 Å². The number of rotatable bonds is 4.